The molecule has 0 radical (unpaired) electrons. The van der Waals surface area contributed by atoms with Crippen molar-refractivity contribution >= 4 is 28.4 Å². The highest BCUT2D eigenvalue weighted by atomic mass is 35.5. The van der Waals surface area contributed by atoms with E-state index in [9.17, 15) is 9.18 Å². The number of fused-ring (bicyclic) bond motifs is 3. The Balaban J connectivity index is 2.05. The Labute approximate surface area is 126 Å². The Bertz CT molecular complexity index is 713. The molecule has 0 spiro atoms. The summed E-state index contributed by atoms with van der Waals surface area (Å²) >= 11 is 5.82. The maximum atomic E-state index is 14.1. The standard InChI is InChI=1S/C15H16ClFN2O2/c1-8-5-12-10(6-19(8)13(20)7-21-2)9-3-4-11(16)14(17)15(9)18-12/h3-4,8,18H,5-7H2,1-2H3/t8-/m1/s1. The maximum Gasteiger partial charge on any atom is 0.249 e. The summed E-state index contributed by atoms with van der Waals surface area (Å²) in [6.45, 7) is 2.49. The number of nitrogens with zero attached hydrogens (tertiary/aromatic N) is 1. The van der Waals surface area contributed by atoms with Gasteiger partial charge in [0.1, 0.15) is 6.61 Å². The topological polar surface area (TPSA) is 45.3 Å². The van der Waals surface area contributed by atoms with Gasteiger partial charge in [-0.15, -0.1) is 0 Å². The summed E-state index contributed by atoms with van der Waals surface area (Å²) in [5.74, 6) is -0.495. The van der Waals surface area contributed by atoms with E-state index in [1.54, 1.807) is 17.0 Å². The number of ether oxygens (including phenoxy) is 1. The molecule has 4 nitrogen and oxygen atoms in total. The predicted molar refractivity (Wildman–Crippen MR) is 78.9 cm³/mol. The zero-order valence-electron chi connectivity index (χ0n) is 11.9. The fraction of sp³-hybridized carbons (Fsp3) is 0.400. The molecule has 0 fully saturated rings. The van der Waals surface area contributed by atoms with E-state index in [1.165, 1.54) is 7.11 Å². The molecule has 2 aromatic rings. The van der Waals surface area contributed by atoms with Crippen LogP contribution in [0.15, 0.2) is 12.1 Å². The van der Waals surface area contributed by atoms with Crippen molar-refractivity contribution in [3.8, 4) is 0 Å². The number of aromatic nitrogens is 1. The molecule has 3 rings (SSSR count). The molecule has 1 N–H and O–H groups in total. The van der Waals surface area contributed by atoms with E-state index in [0.717, 1.165) is 16.6 Å². The first kappa shape index (κ1) is 14.4. The van der Waals surface area contributed by atoms with Gasteiger partial charge >= 0.3 is 0 Å². The lowest BCUT2D eigenvalue weighted by atomic mass is 9.99. The molecule has 1 atom stereocenters. The van der Waals surface area contributed by atoms with E-state index < -0.39 is 5.82 Å². The highest BCUT2D eigenvalue weighted by molar-refractivity contribution is 6.31. The summed E-state index contributed by atoms with van der Waals surface area (Å²) in [5.41, 5.74) is 2.35. The number of carbonyl (C=O) groups is 1. The highest BCUT2D eigenvalue weighted by Gasteiger charge is 2.29. The first-order valence-electron chi connectivity index (χ1n) is 6.78. The van der Waals surface area contributed by atoms with Crippen molar-refractivity contribution in [2.75, 3.05) is 13.7 Å². The van der Waals surface area contributed by atoms with Crippen molar-refractivity contribution in [1.29, 1.82) is 0 Å². The lowest BCUT2D eigenvalue weighted by Crippen LogP contribution is -2.44. The average molecular weight is 311 g/mol. The molecule has 0 unspecified atom stereocenters. The van der Waals surface area contributed by atoms with Crippen molar-refractivity contribution < 1.29 is 13.9 Å². The number of methoxy groups -OCH3 is 1. The molecular formula is C15H16ClFN2O2. The number of aromatic amines is 1. The minimum Gasteiger partial charge on any atom is -0.375 e. The Morgan fingerprint density at radius 1 is 1.57 bits per heavy atom. The largest absolute Gasteiger partial charge is 0.375 e. The van der Waals surface area contributed by atoms with Crippen LogP contribution in [0.2, 0.25) is 5.02 Å². The molecule has 1 amide bonds. The maximum absolute atomic E-state index is 14.1. The van der Waals surface area contributed by atoms with E-state index in [0.29, 0.717) is 18.5 Å². The van der Waals surface area contributed by atoms with Crippen LogP contribution in [-0.4, -0.2) is 35.5 Å². The van der Waals surface area contributed by atoms with Gasteiger partial charge in [-0.25, -0.2) is 4.39 Å². The molecule has 1 aromatic carbocycles. The quantitative estimate of drug-likeness (QED) is 0.927. The van der Waals surface area contributed by atoms with Crippen LogP contribution in [-0.2, 0) is 22.5 Å². The van der Waals surface area contributed by atoms with Gasteiger partial charge in [0.05, 0.1) is 10.5 Å². The first-order chi connectivity index (χ1) is 10.0. The zero-order valence-corrected chi connectivity index (χ0v) is 12.6. The van der Waals surface area contributed by atoms with Crippen LogP contribution >= 0.6 is 11.6 Å². The Morgan fingerprint density at radius 3 is 3.05 bits per heavy atom. The molecular weight excluding hydrogens is 295 g/mol. The van der Waals surface area contributed by atoms with Crippen LogP contribution in [0.3, 0.4) is 0 Å². The number of halogens is 2. The number of carbonyl (C=O) groups excluding carboxylic acids is 1. The molecule has 0 aliphatic carbocycles. The van der Waals surface area contributed by atoms with Crippen molar-refractivity contribution in [2.45, 2.75) is 25.9 Å². The molecule has 112 valence electrons. The average Bonchev–Trinajstić information content (AvgIpc) is 2.80. The molecule has 0 saturated heterocycles. The van der Waals surface area contributed by atoms with Crippen molar-refractivity contribution in [1.82, 2.24) is 9.88 Å². The monoisotopic (exact) mass is 310 g/mol. The Morgan fingerprint density at radius 2 is 2.33 bits per heavy atom. The second-order valence-corrected chi connectivity index (χ2v) is 5.78. The fourth-order valence-electron chi connectivity index (χ4n) is 2.94. The molecule has 2 heterocycles. The predicted octanol–water partition coefficient (Wildman–Crippen LogP) is 2.88. The summed E-state index contributed by atoms with van der Waals surface area (Å²) < 4.78 is 19.0. The van der Waals surface area contributed by atoms with Gasteiger partial charge in [0, 0.05) is 42.8 Å². The number of hydrogen-bond acceptors (Lipinski definition) is 2. The van der Waals surface area contributed by atoms with Crippen LogP contribution in [0.1, 0.15) is 18.2 Å². The van der Waals surface area contributed by atoms with Gasteiger partial charge < -0.3 is 14.6 Å². The number of benzene rings is 1. The third-order valence-electron chi connectivity index (χ3n) is 4.01. The van der Waals surface area contributed by atoms with E-state index in [1.807, 2.05) is 6.92 Å². The third kappa shape index (κ3) is 2.30. The smallest absolute Gasteiger partial charge is 0.249 e. The zero-order chi connectivity index (χ0) is 15.1. The number of amides is 1. The van der Waals surface area contributed by atoms with Gasteiger partial charge in [-0.05, 0) is 13.0 Å². The van der Waals surface area contributed by atoms with Gasteiger partial charge in [-0.1, -0.05) is 17.7 Å². The number of rotatable bonds is 2. The number of nitrogens with one attached hydrogen (secondary N) is 1. The van der Waals surface area contributed by atoms with E-state index in [-0.39, 0.29) is 23.6 Å². The van der Waals surface area contributed by atoms with Gasteiger partial charge in [0.25, 0.3) is 0 Å². The summed E-state index contributed by atoms with van der Waals surface area (Å²) in [7, 11) is 1.50. The number of hydrogen-bond donors (Lipinski definition) is 1. The van der Waals surface area contributed by atoms with E-state index in [4.69, 9.17) is 16.3 Å². The summed E-state index contributed by atoms with van der Waals surface area (Å²) in [6, 6.07) is 3.39. The first-order valence-corrected chi connectivity index (χ1v) is 7.16. The lowest BCUT2D eigenvalue weighted by molar-refractivity contribution is -0.138. The third-order valence-corrected chi connectivity index (χ3v) is 4.30. The summed E-state index contributed by atoms with van der Waals surface area (Å²) in [4.78, 5) is 17.0. The molecule has 1 aliphatic heterocycles. The van der Waals surface area contributed by atoms with E-state index in [2.05, 4.69) is 4.98 Å². The fourth-order valence-corrected chi connectivity index (χ4v) is 3.10. The Kier molecular flexibility index (Phi) is 3.63. The van der Waals surface area contributed by atoms with Crippen molar-refractivity contribution in [3.05, 3.63) is 34.2 Å². The molecule has 0 bridgehead atoms. The molecule has 21 heavy (non-hydrogen) atoms. The second kappa shape index (κ2) is 5.31. The lowest BCUT2D eigenvalue weighted by Gasteiger charge is -2.33. The molecule has 1 aromatic heterocycles. The van der Waals surface area contributed by atoms with Gasteiger partial charge in [0.15, 0.2) is 5.82 Å². The van der Waals surface area contributed by atoms with Crippen LogP contribution in [0.5, 0.6) is 0 Å². The van der Waals surface area contributed by atoms with Crippen molar-refractivity contribution in [3.63, 3.8) is 0 Å². The SMILES string of the molecule is COCC(=O)N1Cc2c([nH]c3c(F)c(Cl)ccc23)C[C@H]1C. The summed E-state index contributed by atoms with van der Waals surface area (Å²) in [6.07, 6.45) is 0.663. The van der Waals surface area contributed by atoms with Gasteiger partial charge in [0.2, 0.25) is 5.91 Å². The normalized spacial score (nSPS) is 18.1. The minimum atomic E-state index is -0.439. The van der Waals surface area contributed by atoms with Crippen LogP contribution < -0.4 is 0 Å². The number of H-pyrrole nitrogens is 1. The molecule has 1 aliphatic rings. The van der Waals surface area contributed by atoms with Gasteiger partial charge in [-0.2, -0.15) is 0 Å². The van der Waals surface area contributed by atoms with E-state index >= 15 is 0 Å². The van der Waals surface area contributed by atoms with Crippen LogP contribution in [0, 0.1) is 5.82 Å². The van der Waals surface area contributed by atoms with Crippen LogP contribution in [0.4, 0.5) is 4.39 Å². The molecule has 0 saturated carbocycles. The van der Waals surface area contributed by atoms with Crippen molar-refractivity contribution in [2.24, 2.45) is 0 Å². The highest BCUT2D eigenvalue weighted by Crippen LogP contribution is 2.33. The molecule has 6 heteroatoms. The van der Waals surface area contributed by atoms with Crippen LogP contribution in [0.25, 0.3) is 10.9 Å². The summed E-state index contributed by atoms with van der Waals surface area (Å²) in [5, 5.41) is 0.885. The second-order valence-electron chi connectivity index (χ2n) is 5.37. The van der Waals surface area contributed by atoms with Gasteiger partial charge in [-0.3, -0.25) is 4.79 Å². The Hall–Kier alpha value is -1.59. The minimum absolute atomic E-state index is 0.0479.